The largest absolute Gasteiger partial charge is 0.504 e. The molecule has 5 N–H and O–H groups in total. The molecule has 1 spiro atoms. The molecule has 2 aliphatic heterocycles. The van der Waals surface area contributed by atoms with Crippen LogP contribution in [0.15, 0.2) is 17.2 Å². The molecule has 2 bridgehead atoms. The average molecular weight is 358 g/mol. The van der Waals surface area contributed by atoms with E-state index < -0.39 is 23.2 Å². The zero-order valence-corrected chi connectivity index (χ0v) is 14.5. The quantitative estimate of drug-likeness (QED) is 0.535. The van der Waals surface area contributed by atoms with Gasteiger partial charge in [-0.3, -0.25) is 0 Å². The highest BCUT2D eigenvalue weighted by atomic mass is 16.5. The number of piperidine rings is 1. The van der Waals surface area contributed by atoms with Crippen molar-refractivity contribution in [1.82, 2.24) is 10.3 Å². The van der Waals surface area contributed by atoms with Gasteiger partial charge in [-0.2, -0.15) is 5.10 Å². The van der Waals surface area contributed by atoms with Gasteiger partial charge in [-0.15, -0.1) is 0 Å². The molecule has 2 amide bonds. The number of likely N-dealkylation sites (tertiary alicyclic amines) is 1. The van der Waals surface area contributed by atoms with E-state index in [0.717, 1.165) is 24.1 Å². The second-order valence-electron chi connectivity index (χ2n) is 7.87. The van der Waals surface area contributed by atoms with E-state index in [9.17, 15) is 15.0 Å². The van der Waals surface area contributed by atoms with Crippen molar-refractivity contribution in [3.63, 3.8) is 0 Å². The molecule has 0 radical (unpaired) electrons. The Bertz CT molecular complexity index is 856. The minimum absolute atomic E-state index is 0.0176. The summed E-state index contributed by atoms with van der Waals surface area (Å²) < 4.78 is 6.20. The van der Waals surface area contributed by atoms with E-state index in [4.69, 9.17) is 10.5 Å². The first-order valence-electron chi connectivity index (χ1n) is 8.95. The van der Waals surface area contributed by atoms with Crippen LogP contribution in [0.25, 0.3) is 0 Å². The number of ether oxygens (including phenoxy) is 1. The molecule has 2 heterocycles. The van der Waals surface area contributed by atoms with Gasteiger partial charge in [0.05, 0.1) is 16.7 Å². The SMILES string of the molecule is CN1CCC23c4c5ccc(O)c4O[C@H]2/C(=N\NC(N)=O)CC[C@@]3(O)C1C5. The number of carbonyl (C=O) groups excluding carboxylic acids is 1. The van der Waals surface area contributed by atoms with Crippen LogP contribution in [-0.2, 0) is 11.8 Å². The number of urea groups is 1. The van der Waals surface area contributed by atoms with Crippen molar-refractivity contribution in [3.05, 3.63) is 23.3 Å². The number of aliphatic hydroxyl groups is 1. The number of primary amides is 1. The average Bonchev–Trinajstić information content (AvgIpc) is 2.95. The highest BCUT2D eigenvalue weighted by Crippen LogP contribution is 2.64. The van der Waals surface area contributed by atoms with Crippen molar-refractivity contribution in [2.24, 2.45) is 10.8 Å². The van der Waals surface area contributed by atoms with E-state index in [1.807, 2.05) is 13.1 Å². The molecule has 26 heavy (non-hydrogen) atoms. The van der Waals surface area contributed by atoms with Crippen LogP contribution < -0.4 is 15.9 Å². The summed E-state index contributed by atoms with van der Waals surface area (Å²) in [5, 5.41) is 26.5. The van der Waals surface area contributed by atoms with E-state index in [0.29, 0.717) is 30.7 Å². The molecule has 5 rings (SSSR count). The van der Waals surface area contributed by atoms with Crippen LogP contribution in [0.2, 0.25) is 0 Å². The van der Waals surface area contributed by atoms with E-state index in [1.165, 1.54) is 0 Å². The van der Waals surface area contributed by atoms with Gasteiger partial charge in [-0.1, -0.05) is 6.07 Å². The zero-order chi connectivity index (χ0) is 18.3. The van der Waals surface area contributed by atoms with E-state index >= 15 is 0 Å². The van der Waals surface area contributed by atoms with E-state index in [-0.39, 0.29) is 11.8 Å². The molecular formula is C18H22N4O4. The van der Waals surface area contributed by atoms with Crippen molar-refractivity contribution in [2.75, 3.05) is 13.6 Å². The Kier molecular flexibility index (Phi) is 2.99. The number of phenolic OH excluding ortho intramolecular Hbond substituents is 1. The fourth-order valence-corrected chi connectivity index (χ4v) is 5.79. The summed E-state index contributed by atoms with van der Waals surface area (Å²) in [6.07, 6.45) is 1.92. The standard InChI is InChI=1S/C18H22N4O4/c1-22-7-6-17-13-9-2-3-11(23)14(13)26-15(17)10(20-21-16(19)24)4-5-18(17,25)12(22)8-9/h2-3,12,15,23,25H,4-8H2,1H3,(H3,19,21,24)/b20-10-/t12?,15-,17?,18+/m0/s1. The Morgan fingerprint density at radius 2 is 2.27 bits per heavy atom. The second kappa shape index (κ2) is 4.89. The Balaban J connectivity index is 1.75. The lowest BCUT2D eigenvalue weighted by Crippen LogP contribution is -2.76. The Morgan fingerprint density at radius 3 is 3.04 bits per heavy atom. The normalized spacial score (nSPS) is 38.6. The molecule has 0 aromatic heterocycles. The smallest absolute Gasteiger partial charge is 0.332 e. The van der Waals surface area contributed by atoms with Crippen LogP contribution in [-0.4, -0.2) is 58.2 Å². The Hall–Kier alpha value is -2.32. The number of hydrogen-bond acceptors (Lipinski definition) is 6. The van der Waals surface area contributed by atoms with E-state index in [1.54, 1.807) is 6.07 Å². The molecule has 8 heteroatoms. The number of phenols is 1. The molecule has 4 atom stereocenters. The molecule has 8 nitrogen and oxygen atoms in total. The first kappa shape index (κ1) is 15.9. The third-order valence-corrected chi connectivity index (χ3v) is 6.86. The Morgan fingerprint density at radius 1 is 1.46 bits per heavy atom. The molecular weight excluding hydrogens is 336 g/mol. The Labute approximate surface area is 150 Å². The summed E-state index contributed by atoms with van der Waals surface area (Å²) in [5.74, 6) is 0.525. The fourth-order valence-electron chi connectivity index (χ4n) is 5.79. The number of rotatable bonds is 1. The summed E-state index contributed by atoms with van der Waals surface area (Å²) in [6, 6.07) is 2.83. The maximum absolute atomic E-state index is 11.9. The number of nitrogens with one attached hydrogen (secondary N) is 1. The predicted octanol–water partition coefficient (Wildman–Crippen LogP) is 0.200. The first-order chi connectivity index (χ1) is 12.4. The van der Waals surface area contributed by atoms with Gasteiger partial charge in [0.25, 0.3) is 0 Å². The minimum atomic E-state index is -0.970. The highest BCUT2D eigenvalue weighted by Gasteiger charge is 2.72. The summed E-state index contributed by atoms with van der Waals surface area (Å²) in [5.41, 5.74) is 8.51. The zero-order valence-electron chi connectivity index (χ0n) is 14.5. The molecule has 1 aromatic carbocycles. The van der Waals surface area contributed by atoms with Gasteiger partial charge in [0.1, 0.15) is 0 Å². The number of hydrogen-bond donors (Lipinski definition) is 4. The van der Waals surface area contributed by atoms with Crippen LogP contribution in [0.5, 0.6) is 11.5 Å². The first-order valence-corrected chi connectivity index (χ1v) is 8.95. The number of likely N-dealkylation sites (N-methyl/N-ethyl adjacent to an activating group) is 1. The maximum Gasteiger partial charge on any atom is 0.332 e. The number of nitrogens with zero attached hydrogens (tertiary/aromatic N) is 2. The van der Waals surface area contributed by atoms with Crippen LogP contribution in [0.3, 0.4) is 0 Å². The lowest BCUT2D eigenvalue weighted by Gasteiger charge is -2.62. The van der Waals surface area contributed by atoms with Gasteiger partial charge in [-0.05, 0) is 50.9 Å². The highest BCUT2D eigenvalue weighted by molar-refractivity contribution is 5.95. The van der Waals surface area contributed by atoms with Crippen molar-refractivity contribution < 1.29 is 19.7 Å². The lowest BCUT2D eigenvalue weighted by molar-refractivity contribution is -0.160. The van der Waals surface area contributed by atoms with Gasteiger partial charge < -0.3 is 25.6 Å². The number of benzene rings is 1. The molecule has 2 unspecified atom stereocenters. The number of amides is 2. The summed E-state index contributed by atoms with van der Waals surface area (Å²) in [7, 11) is 2.05. The van der Waals surface area contributed by atoms with Gasteiger partial charge in [0, 0.05) is 11.6 Å². The molecule has 2 fully saturated rings. The van der Waals surface area contributed by atoms with E-state index in [2.05, 4.69) is 15.4 Å². The lowest BCUT2D eigenvalue weighted by atomic mass is 9.49. The van der Waals surface area contributed by atoms with Crippen LogP contribution in [0.4, 0.5) is 4.79 Å². The molecule has 4 aliphatic rings. The molecule has 1 saturated heterocycles. The number of hydrazone groups is 1. The molecule has 1 saturated carbocycles. The van der Waals surface area contributed by atoms with Gasteiger partial charge in [0.2, 0.25) is 0 Å². The van der Waals surface area contributed by atoms with Crippen molar-refractivity contribution in [2.45, 2.75) is 48.8 Å². The van der Waals surface area contributed by atoms with Gasteiger partial charge in [-0.25, -0.2) is 10.2 Å². The van der Waals surface area contributed by atoms with Crippen molar-refractivity contribution in [3.8, 4) is 11.5 Å². The summed E-state index contributed by atoms with van der Waals surface area (Å²) in [6.45, 7) is 0.817. The van der Waals surface area contributed by atoms with Crippen LogP contribution in [0, 0.1) is 0 Å². The van der Waals surface area contributed by atoms with Crippen LogP contribution in [0.1, 0.15) is 30.4 Å². The topological polar surface area (TPSA) is 120 Å². The summed E-state index contributed by atoms with van der Waals surface area (Å²) >= 11 is 0. The van der Waals surface area contributed by atoms with Gasteiger partial charge in [0.15, 0.2) is 17.6 Å². The monoisotopic (exact) mass is 358 g/mol. The van der Waals surface area contributed by atoms with Crippen molar-refractivity contribution >= 4 is 11.7 Å². The number of aromatic hydroxyl groups is 1. The molecule has 1 aromatic rings. The van der Waals surface area contributed by atoms with Crippen LogP contribution >= 0.6 is 0 Å². The summed E-state index contributed by atoms with van der Waals surface area (Å²) in [4.78, 5) is 13.3. The van der Waals surface area contributed by atoms with Crippen molar-refractivity contribution in [1.29, 1.82) is 0 Å². The minimum Gasteiger partial charge on any atom is -0.504 e. The second-order valence-corrected chi connectivity index (χ2v) is 7.87. The molecule has 2 aliphatic carbocycles. The molecule has 138 valence electrons. The number of carbonyl (C=O) groups is 1. The maximum atomic E-state index is 11.9. The third kappa shape index (κ3) is 1.66. The third-order valence-electron chi connectivity index (χ3n) is 6.86. The number of nitrogens with two attached hydrogens (primary N) is 1. The van der Waals surface area contributed by atoms with Gasteiger partial charge >= 0.3 is 6.03 Å². The fraction of sp³-hybridized carbons (Fsp3) is 0.556. The predicted molar refractivity (Wildman–Crippen MR) is 93.3 cm³/mol.